The van der Waals surface area contributed by atoms with Crippen molar-refractivity contribution in [2.45, 2.75) is 5.60 Å². The Morgan fingerprint density at radius 2 is 1.93 bits per heavy atom. The van der Waals surface area contributed by atoms with E-state index < -0.39 is 11.7 Å². The molecule has 0 aliphatic heterocycles. The summed E-state index contributed by atoms with van der Waals surface area (Å²) >= 11 is 0. The highest BCUT2D eigenvalue weighted by Crippen LogP contribution is 2.07. The first kappa shape index (κ1) is 14.2. The number of hydrogen-bond donors (Lipinski definition) is 1. The van der Waals surface area contributed by atoms with Crippen LogP contribution in [0.1, 0.15) is 0 Å². The van der Waals surface area contributed by atoms with E-state index in [9.17, 15) is 4.79 Å². The van der Waals surface area contributed by atoms with Gasteiger partial charge < -0.3 is 15.2 Å². The standard InChI is InChI=1S/C10H14N2O3/c1-10(2,3)15-9(13)12(4)6-8-14-7-5-11/h1-4H,5-8,11H2. The molecule has 0 aromatic carbocycles. The summed E-state index contributed by atoms with van der Waals surface area (Å²) < 4.78 is 9.36. The van der Waals surface area contributed by atoms with E-state index in [0.717, 1.165) is 4.90 Å². The fraction of sp³-hybridized carbons (Fsp3) is 0.500. The first-order valence-corrected chi connectivity index (χ1v) is 4.26. The first-order chi connectivity index (χ1) is 6.87. The number of hydrogen-bond acceptors (Lipinski definition) is 4. The lowest BCUT2D eigenvalue weighted by Gasteiger charge is -2.23. The van der Waals surface area contributed by atoms with Crippen LogP contribution in [-0.2, 0) is 9.47 Å². The van der Waals surface area contributed by atoms with Gasteiger partial charge in [-0.2, -0.15) is 0 Å². The molecule has 0 unspecified atom stereocenters. The average Bonchev–Trinajstić information content (AvgIpc) is 2.09. The highest BCUT2D eigenvalue weighted by molar-refractivity contribution is 5.68. The summed E-state index contributed by atoms with van der Waals surface area (Å²) in [5.74, 6) is 0. The summed E-state index contributed by atoms with van der Waals surface area (Å²) in [4.78, 5) is 11.8. The number of amides is 1. The quantitative estimate of drug-likeness (QED) is 0.493. The van der Waals surface area contributed by atoms with Crippen LogP contribution >= 0.6 is 0 Å². The van der Waals surface area contributed by atoms with E-state index in [1.165, 1.54) is 0 Å². The van der Waals surface area contributed by atoms with E-state index in [2.05, 4.69) is 4.74 Å². The Morgan fingerprint density at radius 1 is 1.33 bits per heavy atom. The summed E-state index contributed by atoms with van der Waals surface area (Å²) in [6.45, 7) is 16.2. The number of rotatable bonds is 6. The molecule has 5 nitrogen and oxygen atoms in total. The second-order valence-corrected chi connectivity index (χ2v) is 2.82. The molecular formula is C10H14N2O3. The van der Waals surface area contributed by atoms with Crippen molar-refractivity contribution >= 4 is 6.09 Å². The van der Waals surface area contributed by atoms with Gasteiger partial charge in [0, 0.05) is 33.9 Å². The fourth-order valence-electron chi connectivity index (χ4n) is 0.649. The van der Waals surface area contributed by atoms with E-state index in [-0.39, 0.29) is 13.2 Å². The molecule has 0 spiro atoms. The van der Waals surface area contributed by atoms with Crippen molar-refractivity contribution in [3.05, 3.63) is 27.8 Å². The zero-order valence-corrected chi connectivity index (χ0v) is 8.39. The highest BCUT2D eigenvalue weighted by atomic mass is 16.6. The normalized spacial score (nSPS) is 11.3. The summed E-state index contributed by atoms with van der Waals surface area (Å²) in [6.07, 6.45) is -0.932. The predicted molar refractivity (Wildman–Crippen MR) is 53.0 cm³/mol. The van der Waals surface area contributed by atoms with Crippen molar-refractivity contribution in [3.63, 3.8) is 0 Å². The molecule has 0 saturated carbocycles. The molecule has 15 heavy (non-hydrogen) atoms. The van der Waals surface area contributed by atoms with Gasteiger partial charge in [-0.25, -0.2) is 4.79 Å². The Morgan fingerprint density at radius 3 is 2.40 bits per heavy atom. The maximum atomic E-state index is 11.1. The van der Waals surface area contributed by atoms with Crippen LogP contribution in [0.4, 0.5) is 4.79 Å². The van der Waals surface area contributed by atoms with Gasteiger partial charge in [-0.1, -0.05) is 0 Å². The molecule has 0 atom stereocenters. The van der Waals surface area contributed by atoms with Gasteiger partial charge in [-0.15, -0.1) is 0 Å². The van der Waals surface area contributed by atoms with E-state index in [1.54, 1.807) is 0 Å². The monoisotopic (exact) mass is 210 g/mol. The van der Waals surface area contributed by atoms with Gasteiger partial charge in [-0.3, -0.25) is 4.90 Å². The van der Waals surface area contributed by atoms with E-state index >= 15 is 0 Å². The average molecular weight is 210 g/mol. The lowest BCUT2D eigenvalue weighted by molar-refractivity contribution is 0.0628. The zero-order chi connectivity index (χ0) is 11.9. The molecular weight excluding hydrogens is 196 g/mol. The third-order valence-electron chi connectivity index (χ3n) is 1.24. The van der Waals surface area contributed by atoms with Crippen LogP contribution in [0.5, 0.6) is 0 Å². The molecule has 1 amide bonds. The minimum Gasteiger partial charge on any atom is -0.442 e. The van der Waals surface area contributed by atoms with Crippen LogP contribution in [0.25, 0.3) is 0 Å². The van der Waals surface area contributed by atoms with Crippen molar-refractivity contribution in [3.8, 4) is 0 Å². The molecule has 2 N–H and O–H groups in total. The van der Waals surface area contributed by atoms with Gasteiger partial charge in [0.25, 0.3) is 0 Å². The van der Waals surface area contributed by atoms with Crippen LogP contribution in [0, 0.1) is 27.8 Å². The first-order valence-electron chi connectivity index (χ1n) is 4.26. The molecule has 0 bridgehead atoms. The molecule has 8 radical (unpaired) electrons. The van der Waals surface area contributed by atoms with Crippen LogP contribution in [0.2, 0.25) is 0 Å². The molecule has 0 aromatic heterocycles. The Labute approximate surface area is 91.5 Å². The minimum atomic E-state index is -2.03. The van der Waals surface area contributed by atoms with Gasteiger partial charge in [0.1, 0.15) is 5.60 Å². The van der Waals surface area contributed by atoms with E-state index in [0.29, 0.717) is 13.2 Å². The van der Waals surface area contributed by atoms with Gasteiger partial charge >= 0.3 is 6.09 Å². The van der Waals surface area contributed by atoms with Crippen LogP contribution < -0.4 is 5.73 Å². The topological polar surface area (TPSA) is 64.8 Å². The van der Waals surface area contributed by atoms with Crippen LogP contribution in [-0.4, -0.2) is 42.9 Å². The summed E-state index contributed by atoms with van der Waals surface area (Å²) in [5.41, 5.74) is 3.14. The molecule has 0 aliphatic carbocycles. The molecule has 0 fully saturated rings. The van der Waals surface area contributed by atoms with Crippen LogP contribution in [0.3, 0.4) is 0 Å². The molecule has 5 heteroatoms. The number of ether oxygens (including phenoxy) is 2. The Kier molecular flexibility index (Phi) is 6.27. The smallest absolute Gasteiger partial charge is 0.410 e. The minimum absolute atomic E-state index is 0.120. The third-order valence-corrected chi connectivity index (χ3v) is 1.24. The van der Waals surface area contributed by atoms with Gasteiger partial charge in [0.05, 0.1) is 20.3 Å². The van der Waals surface area contributed by atoms with Crippen molar-refractivity contribution in [1.82, 2.24) is 4.90 Å². The molecule has 0 aliphatic rings. The largest absolute Gasteiger partial charge is 0.442 e. The number of nitrogens with zero attached hydrogens (tertiary/aromatic N) is 1. The van der Waals surface area contributed by atoms with Gasteiger partial charge in [0.15, 0.2) is 0 Å². The molecule has 0 heterocycles. The van der Waals surface area contributed by atoms with Crippen molar-refractivity contribution in [1.29, 1.82) is 0 Å². The fourth-order valence-corrected chi connectivity index (χ4v) is 0.649. The van der Waals surface area contributed by atoms with E-state index in [1.807, 2.05) is 0 Å². The Balaban J connectivity index is 3.70. The summed E-state index contributed by atoms with van der Waals surface area (Å²) in [6, 6.07) is 0. The molecule has 82 valence electrons. The van der Waals surface area contributed by atoms with Crippen molar-refractivity contribution in [2.75, 3.05) is 26.3 Å². The summed E-state index contributed by atoms with van der Waals surface area (Å²) in [7, 11) is 5.29. The lowest BCUT2D eigenvalue weighted by atomic mass is 10.2. The number of nitrogens with two attached hydrogens (primary N) is 1. The van der Waals surface area contributed by atoms with Crippen molar-refractivity contribution in [2.24, 2.45) is 5.73 Å². The Hall–Kier alpha value is -0.810. The van der Waals surface area contributed by atoms with Gasteiger partial charge in [-0.05, 0) is 0 Å². The number of carbonyl (C=O) groups is 1. The molecule has 0 saturated heterocycles. The molecule has 0 aromatic rings. The van der Waals surface area contributed by atoms with E-state index in [4.69, 9.17) is 38.3 Å². The third kappa shape index (κ3) is 8.20. The number of carbonyl (C=O) groups excluding carboxylic acids is 1. The van der Waals surface area contributed by atoms with Crippen molar-refractivity contribution < 1.29 is 14.3 Å². The second kappa shape index (κ2) is 6.63. The maximum absolute atomic E-state index is 11.1. The molecule has 0 rings (SSSR count). The highest BCUT2D eigenvalue weighted by Gasteiger charge is 2.20. The second-order valence-electron chi connectivity index (χ2n) is 2.82. The maximum Gasteiger partial charge on any atom is 0.410 e. The summed E-state index contributed by atoms with van der Waals surface area (Å²) in [5, 5.41) is 0. The van der Waals surface area contributed by atoms with Gasteiger partial charge in [0.2, 0.25) is 0 Å². The van der Waals surface area contributed by atoms with Crippen LogP contribution in [0.15, 0.2) is 0 Å². The predicted octanol–water partition coefficient (Wildman–Crippen LogP) is -0.0590. The zero-order valence-electron chi connectivity index (χ0n) is 8.39. The SMILES string of the molecule is [CH]N(CCOCCN)C(=O)OC([CH])([CH])[CH]. The lowest BCUT2D eigenvalue weighted by Crippen LogP contribution is -2.35. The Bertz CT molecular complexity index is 190.